The summed E-state index contributed by atoms with van der Waals surface area (Å²) in [5.41, 5.74) is 6.05. The Labute approximate surface area is 104 Å². The highest BCUT2D eigenvalue weighted by atomic mass is 15.2. The van der Waals surface area contributed by atoms with E-state index in [0.29, 0.717) is 6.04 Å². The molecule has 0 heterocycles. The van der Waals surface area contributed by atoms with Crippen molar-refractivity contribution in [3.63, 3.8) is 0 Å². The Morgan fingerprint density at radius 3 is 2.53 bits per heavy atom. The molecule has 2 heteroatoms. The fourth-order valence-electron chi connectivity index (χ4n) is 3.14. The molecule has 17 heavy (non-hydrogen) atoms. The van der Waals surface area contributed by atoms with Crippen molar-refractivity contribution in [3.8, 4) is 0 Å². The summed E-state index contributed by atoms with van der Waals surface area (Å²) in [6.07, 6.45) is 5.41. The Bertz CT molecular complexity index is 398. The average molecular weight is 230 g/mol. The minimum Gasteiger partial charge on any atom is -0.271 e. The Kier molecular flexibility index (Phi) is 2.93. The van der Waals surface area contributed by atoms with Crippen molar-refractivity contribution in [3.05, 3.63) is 35.4 Å². The Morgan fingerprint density at radius 2 is 2.00 bits per heavy atom. The van der Waals surface area contributed by atoms with Crippen LogP contribution in [0.2, 0.25) is 0 Å². The summed E-state index contributed by atoms with van der Waals surface area (Å²) in [4.78, 5) is 0. The molecule has 0 radical (unpaired) electrons. The van der Waals surface area contributed by atoms with Crippen LogP contribution in [0.15, 0.2) is 24.3 Å². The molecule has 3 atom stereocenters. The second-order valence-electron chi connectivity index (χ2n) is 5.78. The van der Waals surface area contributed by atoms with Gasteiger partial charge in [0.25, 0.3) is 0 Å². The van der Waals surface area contributed by atoms with Crippen LogP contribution in [0.25, 0.3) is 0 Å². The lowest BCUT2D eigenvalue weighted by atomic mass is 9.76. The van der Waals surface area contributed by atoms with E-state index in [1.807, 2.05) is 0 Å². The highest BCUT2D eigenvalue weighted by Crippen LogP contribution is 2.49. The molecule has 92 valence electrons. The summed E-state index contributed by atoms with van der Waals surface area (Å²) in [5, 5.41) is 0. The van der Waals surface area contributed by atoms with Gasteiger partial charge in [-0.05, 0) is 48.1 Å². The maximum atomic E-state index is 5.79. The van der Waals surface area contributed by atoms with E-state index >= 15 is 0 Å². The van der Waals surface area contributed by atoms with E-state index in [0.717, 1.165) is 17.8 Å². The highest BCUT2D eigenvalue weighted by molar-refractivity contribution is 5.35. The first-order valence-corrected chi connectivity index (χ1v) is 6.86. The largest absolute Gasteiger partial charge is 0.271 e. The molecule has 2 aliphatic carbocycles. The molecule has 3 rings (SSSR count). The van der Waals surface area contributed by atoms with Gasteiger partial charge in [-0.25, -0.2) is 0 Å². The van der Waals surface area contributed by atoms with Crippen LogP contribution >= 0.6 is 0 Å². The lowest BCUT2D eigenvalue weighted by Crippen LogP contribution is -2.31. The maximum Gasteiger partial charge on any atom is 0.0493 e. The van der Waals surface area contributed by atoms with Crippen LogP contribution in [-0.2, 0) is 0 Å². The summed E-state index contributed by atoms with van der Waals surface area (Å²) in [7, 11) is 0. The number of nitrogens with two attached hydrogens (primary N) is 1. The molecule has 0 aromatic heterocycles. The van der Waals surface area contributed by atoms with Gasteiger partial charge in [-0.15, -0.1) is 0 Å². The molecule has 0 spiro atoms. The van der Waals surface area contributed by atoms with Crippen molar-refractivity contribution < 1.29 is 0 Å². The van der Waals surface area contributed by atoms with Gasteiger partial charge in [-0.1, -0.05) is 37.6 Å². The van der Waals surface area contributed by atoms with Crippen LogP contribution in [-0.4, -0.2) is 0 Å². The number of hydrogen-bond acceptors (Lipinski definition) is 2. The third-order valence-electron chi connectivity index (χ3n) is 4.66. The molecule has 3 unspecified atom stereocenters. The van der Waals surface area contributed by atoms with Crippen molar-refractivity contribution in [1.29, 1.82) is 0 Å². The predicted octanol–water partition coefficient (Wildman–Crippen LogP) is 3.11. The molecule has 2 nitrogen and oxygen atoms in total. The predicted molar refractivity (Wildman–Crippen MR) is 70.4 cm³/mol. The van der Waals surface area contributed by atoms with E-state index in [1.165, 1.54) is 31.2 Å². The molecule has 0 saturated heterocycles. The van der Waals surface area contributed by atoms with Crippen molar-refractivity contribution in [1.82, 2.24) is 5.43 Å². The van der Waals surface area contributed by atoms with E-state index in [4.69, 9.17) is 5.84 Å². The second-order valence-corrected chi connectivity index (χ2v) is 5.78. The topological polar surface area (TPSA) is 38.0 Å². The van der Waals surface area contributed by atoms with Gasteiger partial charge in [0.15, 0.2) is 0 Å². The third kappa shape index (κ3) is 2.00. The Balaban J connectivity index is 1.89. The average Bonchev–Trinajstić information content (AvgIpc) is 2.97. The molecule has 2 aliphatic rings. The monoisotopic (exact) mass is 230 g/mol. The van der Waals surface area contributed by atoms with Crippen molar-refractivity contribution in [2.24, 2.45) is 17.7 Å². The van der Waals surface area contributed by atoms with E-state index in [9.17, 15) is 0 Å². The summed E-state index contributed by atoms with van der Waals surface area (Å²) in [6.45, 7) is 2.32. The molecular formula is C15H22N2. The van der Waals surface area contributed by atoms with Gasteiger partial charge in [0.05, 0.1) is 0 Å². The van der Waals surface area contributed by atoms with Gasteiger partial charge >= 0.3 is 0 Å². The van der Waals surface area contributed by atoms with Gasteiger partial charge in [0.2, 0.25) is 0 Å². The fraction of sp³-hybridized carbons (Fsp3) is 0.600. The molecule has 0 aliphatic heterocycles. The lowest BCUT2D eigenvalue weighted by Gasteiger charge is -2.30. The smallest absolute Gasteiger partial charge is 0.0493 e. The van der Waals surface area contributed by atoms with Gasteiger partial charge in [-0.2, -0.15) is 0 Å². The Morgan fingerprint density at radius 1 is 1.29 bits per heavy atom. The van der Waals surface area contributed by atoms with Gasteiger partial charge in [0.1, 0.15) is 0 Å². The highest BCUT2D eigenvalue weighted by Gasteiger charge is 2.41. The van der Waals surface area contributed by atoms with Crippen LogP contribution < -0.4 is 11.3 Å². The minimum atomic E-state index is 0.363. The van der Waals surface area contributed by atoms with Crippen molar-refractivity contribution >= 4 is 0 Å². The molecule has 2 saturated carbocycles. The third-order valence-corrected chi connectivity index (χ3v) is 4.66. The number of hydrogen-bond donors (Lipinski definition) is 2. The molecule has 2 fully saturated rings. The van der Waals surface area contributed by atoms with Gasteiger partial charge in [0, 0.05) is 6.04 Å². The van der Waals surface area contributed by atoms with E-state index < -0.39 is 0 Å². The summed E-state index contributed by atoms with van der Waals surface area (Å²) in [6, 6.07) is 9.25. The zero-order valence-corrected chi connectivity index (χ0v) is 10.5. The summed E-state index contributed by atoms with van der Waals surface area (Å²) >= 11 is 0. The normalized spacial score (nSPS) is 29.8. The zero-order valence-electron chi connectivity index (χ0n) is 10.5. The number of hydrazine groups is 1. The molecule has 0 bridgehead atoms. The second kappa shape index (κ2) is 4.43. The summed E-state index contributed by atoms with van der Waals surface area (Å²) < 4.78 is 0. The van der Waals surface area contributed by atoms with Crippen LogP contribution in [0.3, 0.4) is 0 Å². The zero-order chi connectivity index (χ0) is 11.8. The Hall–Kier alpha value is -0.860. The first-order chi connectivity index (χ1) is 8.31. The maximum absolute atomic E-state index is 5.79. The number of rotatable bonds is 4. The molecule has 1 aromatic carbocycles. The van der Waals surface area contributed by atoms with Gasteiger partial charge < -0.3 is 0 Å². The van der Waals surface area contributed by atoms with Crippen LogP contribution in [0.5, 0.6) is 0 Å². The van der Waals surface area contributed by atoms with E-state index in [2.05, 4.69) is 36.6 Å². The first kappa shape index (κ1) is 11.2. The van der Waals surface area contributed by atoms with Gasteiger partial charge in [-0.3, -0.25) is 11.3 Å². The quantitative estimate of drug-likeness (QED) is 0.616. The van der Waals surface area contributed by atoms with Crippen LogP contribution in [0, 0.1) is 11.8 Å². The molecule has 1 aromatic rings. The fourth-order valence-corrected chi connectivity index (χ4v) is 3.14. The number of benzene rings is 1. The molecular weight excluding hydrogens is 208 g/mol. The molecule has 0 amide bonds. The lowest BCUT2D eigenvalue weighted by molar-refractivity contribution is 0.404. The first-order valence-electron chi connectivity index (χ1n) is 6.86. The van der Waals surface area contributed by atoms with E-state index in [-0.39, 0.29) is 0 Å². The van der Waals surface area contributed by atoms with Crippen LogP contribution in [0.1, 0.15) is 55.7 Å². The van der Waals surface area contributed by atoms with Crippen molar-refractivity contribution in [2.45, 2.75) is 44.6 Å². The van der Waals surface area contributed by atoms with E-state index in [1.54, 1.807) is 5.56 Å². The van der Waals surface area contributed by atoms with Crippen LogP contribution in [0.4, 0.5) is 0 Å². The number of nitrogens with one attached hydrogen (secondary N) is 1. The van der Waals surface area contributed by atoms with Crippen molar-refractivity contribution in [2.75, 3.05) is 0 Å². The SMILES string of the molecule is CC1CC1C(NN)c1ccccc1C1CCC1. The molecule has 3 N–H and O–H groups in total. The standard InChI is InChI=1S/C15H22N2/c1-10-9-14(10)15(17-16)13-8-3-2-7-12(13)11-5-4-6-11/h2-3,7-8,10-11,14-15,17H,4-6,9,16H2,1H3. The minimum absolute atomic E-state index is 0.363. The summed E-state index contributed by atoms with van der Waals surface area (Å²) in [5.74, 6) is 8.14.